The molecule has 0 fully saturated rings. The number of carbonyl (C=O) groups is 2. The summed E-state index contributed by atoms with van der Waals surface area (Å²) in [6.45, 7) is 3.26. The first-order valence-corrected chi connectivity index (χ1v) is 10.1. The first-order chi connectivity index (χ1) is 14.6. The van der Waals surface area contributed by atoms with E-state index in [2.05, 4.69) is 20.8 Å². The summed E-state index contributed by atoms with van der Waals surface area (Å²) in [5, 5.41) is 14.2. The van der Waals surface area contributed by atoms with E-state index in [-0.39, 0.29) is 16.8 Å². The van der Waals surface area contributed by atoms with Gasteiger partial charge in [0.2, 0.25) is 5.01 Å². The maximum Gasteiger partial charge on any atom is 0.286 e. The van der Waals surface area contributed by atoms with Crippen LogP contribution in [0.1, 0.15) is 37.7 Å². The van der Waals surface area contributed by atoms with E-state index in [1.807, 2.05) is 31.2 Å². The lowest BCUT2D eigenvalue weighted by Crippen LogP contribution is -2.22. The number of methoxy groups -OCH3 is 1. The van der Waals surface area contributed by atoms with Crippen LogP contribution in [0.5, 0.6) is 5.75 Å². The van der Waals surface area contributed by atoms with Crippen molar-refractivity contribution >= 4 is 28.8 Å². The Kier molecular flexibility index (Phi) is 7.47. The third-order valence-electron chi connectivity index (χ3n) is 4.02. The molecule has 0 saturated heterocycles. The molecule has 1 heterocycles. The highest BCUT2D eigenvalue weighted by Gasteiger charge is 2.13. The number of ether oxygens (including phenoxy) is 2. The molecule has 0 radical (unpaired) electrons. The van der Waals surface area contributed by atoms with Crippen molar-refractivity contribution in [3.63, 3.8) is 0 Å². The van der Waals surface area contributed by atoms with E-state index in [0.29, 0.717) is 36.0 Å². The van der Waals surface area contributed by atoms with Crippen molar-refractivity contribution in [3.8, 4) is 5.75 Å². The number of nitrogens with one attached hydrogen (secondary N) is 2. The van der Waals surface area contributed by atoms with Gasteiger partial charge in [-0.2, -0.15) is 0 Å². The molecule has 3 aromatic rings. The fraction of sp³-hybridized carbons (Fsp3) is 0.238. The minimum atomic E-state index is -0.359. The van der Waals surface area contributed by atoms with Crippen LogP contribution < -0.4 is 15.4 Å². The van der Waals surface area contributed by atoms with Crippen molar-refractivity contribution < 1.29 is 19.1 Å². The van der Waals surface area contributed by atoms with Crippen LogP contribution in [0.15, 0.2) is 48.5 Å². The first kappa shape index (κ1) is 21.4. The summed E-state index contributed by atoms with van der Waals surface area (Å²) in [4.78, 5) is 24.6. The SMILES string of the molecule is CCOc1ccc(CNC(=O)c2ccc(NC(=O)c3nnc(COC)s3)cc2)cc1. The maximum absolute atomic E-state index is 12.4. The van der Waals surface area contributed by atoms with Crippen molar-refractivity contribution in [1.82, 2.24) is 15.5 Å². The number of benzene rings is 2. The quantitative estimate of drug-likeness (QED) is 0.544. The Hall–Kier alpha value is -3.30. The Labute approximate surface area is 178 Å². The maximum atomic E-state index is 12.4. The van der Waals surface area contributed by atoms with E-state index in [1.54, 1.807) is 31.4 Å². The number of nitrogens with zero attached hydrogens (tertiary/aromatic N) is 2. The molecule has 8 nitrogen and oxygen atoms in total. The average molecular weight is 426 g/mol. The highest BCUT2D eigenvalue weighted by atomic mass is 32.1. The fourth-order valence-corrected chi connectivity index (χ4v) is 3.28. The molecule has 0 aliphatic heterocycles. The highest BCUT2D eigenvalue weighted by molar-refractivity contribution is 7.13. The van der Waals surface area contributed by atoms with Crippen LogP contribution in [0.3, 0.4) is 0 Å². The molecule has 156 valence electrons. The molecule has 1 aromatic heterocycles. The minimum Gasteiger partial charge on any atom is -0.494 e. The molecule has 0 atom stereocenters. The standard InChI is InChI=1S/C21H22N4O4S/c1-3-29-17-10-4-14(5-11-17)12-22-19(26)15-6-8-16(9-7-15)23-20(27)21-25-24-18(30-21)13-28-2/h4-11H,3,12-13H2,1-2H3,(H,22,26)(H,23,27). The van der Waals surface area contributed by atoms with Crippen LogP contribution in [0, 0.1) is 0 Å². The smallest absolute Gasteiger partial charge is 0.286 e. The molecular weight excluding hydrogens is 404 g/mol. The number of anilines is 1. The summed E-state index contributed by atoms with van der Waals surface area (Å²) >= 11 is 1.17. The number of carbonyl (C=O) groups excluding carboxylic acids is 2. The molecule has 2 N–H and O–H groups in total. The average Bonchev–Trinajstić information content (AvgIpc) is 3.23. The number of aromatic nitrogens is 2. The van der Waals surface area contributed by atoms with Crippen LogP contribution in [-0.4, -0.2) is 35.7 Å². The highest BCUT2D eigenvalue weighted by Crippen LogP contribution is 2.15. The van der Waals surface area contributed by atoms with Crippen LogP contribution in [0.2, 0.25) is 0 Å². The largest absolute Gasteiger partial charge is 0.494 e. The normalized spacial score (nSPS) is 10.5. The molecule has 0 unspecified atom stereocenters. The fourth-order valence-electron chi connectivity index (χ4n) is 2.57. The molecule has 3 rings (SSSR count). The van der Waals surface area contributed by atoms with Crippen molar-refractivity contribution in [2.24, 2.45) is 0 Å². The van der Waals surface area contributed by atoms with E-state index in [1.165, 1.54) is 11.3 Å². The van der Waals surface area contributed by atoms with E-state index in [9.17, 15) is 9.59 Å². The number of hydrogen-bond donors (Lipinski definition) is 2. The number of hydrogen-bond acceptors (Lipinski definition) is 7. The molecule has 9 heteroatoms. The van der Waals surface area contributed by atoms with Gasteiger partial charge in [-0.1, -0.05) is 23.5 Å². The van der Waals surface area contributed by atoms with Gasteiger partial charge in [0.15, 0.2) is 0 Å². The van der Waals surface area contributed by atoms with Gasteiger partial charge >= 0.3 is 0 Å². The Morgan fingerprint density at radius 1 is 1.00 bits per heavy atom. The molecular formula is C21H22N4O4S. The third kappa shape index (κ3) is 5.85. The van der Waals surface area contributed by atoms with E-state index >= 15 is 0 Å². The van der Waals surface area contributed by atoms with Gasteiger partial charge in [-0.25, -0.2) is 0 Å². The summed E-state index contributed by atoms with van der Waals surface area (Å²) < 4.78 is 10.4. The monoisotopic (exact) mass is 426 g/mol. The van der Waals surface area contributed by atoms with Gasteiger partial charge in [-0.05, 0) is 48.9 Å². The van der Waals surface area contributed by atoms with E-state index in [0.717, 1.165) is 11.3 Å². The summed E-state index contributed by atoms with van der Waals surface area (Å²) in [6.07, 6.45) is 0. The zero-order valence-electron chi connectivity index (χ0n) is 16.7. The van der Waals surface area contributed by atoms with Gasteiger partial charge in [0.1, 0.15) is 10.8 Å². The summed E-state index contributed by atoms with van der Waals surface area (Å²) in [5.74, 6) is 0.242. The summed E-state index contributed by atoms with van der Waals surface area (Å²) in [6, 6.07) is 14.2. The van der Waals surface area contributed by atoms with Crippen molar-refractivity contribution in [2.45, 2.75) is 20.1 Å². The molecule has 2 amide bonds. The molecule has 0 aliphatic rings. The molecule has 0 spiro atoms. The molecule has 30 heavy (non-hydrogen) atoms. The van der Waals surface area contributed by atoms with Crippen molar-refractivity contribution in [2.75, 3.05) is 19.0 Å². The van der Waals surface area contributed by atoms with E-state index < -0.39 is 0 Å². The van der Waals surface area contributed by atoms with Gasteiger partial charge in [0.25, 0.3) is 11.8 Å². The van der Waals surface area contributed by atoms with Gasteiger partial charge in [-0.3, -0.25) is 9.59 Å². The van der Waals surface area contributed by atoms with Gasteiger partial charge in [0, 0.05) is 24.9 Å². The van der Waals surface area contributed by atoms with Crippen LogP contribution >= 0.6 is 11.3 Å². The Morgan fingerprint density at radius 2 is 1.73 bits per heavy atom. The van der Waals surface area contributed by atoms with Crippen LogP contribution in [0.25, 0.3) is 0 Å². The number of rotatable bonds is 9. The van der Waals surface area contributed by atoms with Crippen LogP contribution in [-0.2, 0) is 17.9 Å². The second-order valence-electron chi connectivity index (χ2n) is 6.23. The topological polar surface area (TPSA) is 102 Å². The molecule has 2 aromatic carbocycles. The van der Waals surface area contributed by atoms with Crippen molar-refractivity contribution in [1.29, 1.82) is 0 Å². The predicted octanol–water partition coefficient (Wildman–Crippen LogP) is 3.27. The zero-order valence-corrected chi connectivity index (χ0v) is 17.5. The van der Waals surface area contributed by atoms with Gasteiger partial charge in [0.05, 0.1) is 13.2 Å². The lowest BCUT2D eigenvalue weighted by atomic mass is 10.1. The second-order valence-corrected chi connectivity index (χ2v) is 7.29. The minimum absolute atomic E-state index is 0.199. The lowest BCUT2D eigenvalue weighted by Gasteiger charge is -2.08. The second kappa shape index (κ2) is 10.5. The Bertz CT molecular complexity index is 987. The van der Waals surface area contributed by atoms with Gasteiger partial charge in [-0.15, -0.1) is 10.2 Å². The Morgan fingerprint density at radius 3 is 2.40 bits per heavy atom. The third-order valence-corrected chi connectivity index (χ3v) is 4.92. The van der Waals surface area contributed by atoms with E-state index in [4.69, 9.17) is 9.47 Å². The molecule has 0 aliphatic carbocycles. The molecule has 0 bridgehead atoms. The first-order valence-electron chi connectivity index (χ1n) is 9.31. The Balaban J connectivity index is 1.52. The molecule has 0 saturated carbocycles. The lowest BCUT2D eigenvalue weighted by molar-refractivity contribution is 0.0950. The van der Waals surface area contributed by atoms with Crippen LogP contribution in [0.4, 0.5) is 5.69 Å². The van der Waals surface area contributed by atoms with Crippen molar-refractivity contribution in [3.05, 3.63) is 69.7 Å². The summed E-state index contributed by atoms with van der Waals surface area (Å²) in [7, 11) is 1.55. The zero-order chi connectivity index (χ0) is 21.3. The summed E-state index contributed by atoms with van der Waals surface area (Å²) in [5.41, 5.74) is 2.03. The van der Waals surface area contributed by atoms with Gasteiger partial charge < -0.3 is 20.1 Å². The predicted molar refractivity (Wildman–Crippen MR) is 114 cm³/mol. The number of amides is 2.